The quantitative estimate of drug-likeness (QED) is 0.241. The molecule has 2 heterocycles. The summed E-state index contributed by atoms with van der Waals surface area (Å²) >= 11 is 2.88. The minimum absolute atomic E-state index is 0.249. The van der Waals surface area contributed by atoms with Gasteiger partial charge in [0.05, 0.1) is 17.7 Å². The fourth-order valence-electron chi connectivity index (χ4n) is 4.26. The molecule has 3 aromatic rings. The molecule has 0 saturated carbocycles. The Hall–Kier alpha value is -3.18. The molecule has 0 fully saturated rings. The Morgan fingerprint density at radius 2 is 1.84 bits per heavy atom. The molecule has 37 heavy (non-hydrogen) atoms. The number of amides is 1. The predicted molar refractivity (Wildman–Crippen MR) is 143 cm³/mol. The van der Waals surface area contributed by atoms with E-state index in [9.17, 15) is 14.4 Å². The van der Waals surface area contributed by atoms with Crippen LogP contribution >= 0.6 is 23.1 Å². The van der Waals surface area contributed by atoms with Crippen molar-refractivity contribution in [1.29, 1.82) is 0 Å². The van der Waals surface area contributed by atoms with Crippen molar-refractivity contribution in [3.8, 4) is 5.69 Å². The number of aromatic nitrogens is 3. The van der Waals surface area contributed by atoms with E-state index >= 15 is 0 Å². The number of fused-ring (bicyclic) bond motifs is 1. The van der Waals surface area contributed by atoms with Crippen LogP contribution in [0.4, 0.5) is 5.00 Å². The van der Waals surface area contributed by atoms with Crippen molar-refractivity contribution >= 4 is 45.9 Å². The van der Waals surface area contributed by atoms with Crippen molar-refractivity contribution in [2.24, 2.45) is 0 Å². The van der Waals surface area contributed by atoms with E-state index in [0.717, 1.165) is 59.2 Å². The van der Waals surface area contributed by atoms with Crippen LogP contribution in [0.15, 0.2) is 29.4 Å². The Morgan fingerprint density at radius 3 is 2.54 bits per heavy atom. The summed E-state index contributed by atoms with van der Waals surface area (Å²) in [5, 5.41) is 12.2. The van der Waals surface area contributed by atoms with Crippen LogP contribution in [-0.4, -0.2) is 51.6 Å². The summed E-state index contributed by atoms with van der Waals surface area (Å²) in [7, 11) is 0. The number of hydrogen-bond acceptors (Lipinski definition) is 9. The van der Waals surface area contributed by atoms with Gasteiger partial charge in [0.25, 0.3) is 5.91 Å². The maximum atomic E-state index is 13.0. The zero-order valence-corrected chi connectivity index (χ0v) is 23.0. The third-order valence-corrected chi connectivity index (χ3v) is 7.97. The van der Waals surface area contributed by atoms with Crippen molar-refractivity contribution in [3.63, 3.8) is 0 Å². The molecular formula is C26H30N4O5S2. The molecule has 1 atom stereocenters. The molecule has 1 aliphatic rings. The molecule has 0 bridgehead atoms. The van der Waals surface area contributed by atoms with Crippen LogP contribution in [0.3, 0.4) is 0 Å². The number of nitrogens with one attached hydrogen (secondary N) is 1. The third-order valence-electron chi connectivity index (χ3n) is 6.13. The fourth-order valence-corrected chi connectivity index (χ4v) is 6.09. The highest BCUT2D eigenvalue weighted by Crippen LogP contribution is 2.38. The van der Waals surface area contributed by atoms with Gasteiger partial charge in [-0.1, -0.05) is 18.2 Å². The molecule has 0 aliphatic heterocycles. The fraction of sp³-hybridized carbons (Fsp3) is 0.423. The van der Waals surface area contributed by atoms with Crippen molar-refractivity contribution < 1.29 is 23.9 Å². The molecule has 9 nitrogen and oxygen atoms in total. The number of aryl methyl sites for hydroxylation is 2. The molecule has 0 radical (unpaired) electrons. The summed E-state index contributed by atoms with van der Waals surface area (Å²) in [4.78, 5) is 39.5. The van der Waals surface area contributed by atoms with E-state index in [1.807, 2.05) is 17.7 Å². The molecule has 2 aromatic heterocycles. The smallest absolute Gasteiger partial charge is 0.341 e. The topological polar surface area (TPSA) is 112 Å². The first-order valence-electron chi connectivity index (χ1n) is 12.2. The normalized spacial score (nSPS) is 13.8. The maximum absolute atomic E-state index is 13.0. The number of thiophene rings is 1. The molecule has 196 valence electrons. The van der Waals surface area contributed by atoms with Crippen molar-refractivity contribution in [1.82, 2.24) is 14.8 Å². The van der Waals surface area contributed by atoms with Gasteiger partial charge < -0.3 is 14.8 Å². The summed E-state index contributed by atoms with van der Waals surface area (Å²) in [6.45, 7) is 5.37. The number of esters is 2. The summed E-state index contributed by atoms with van der Waals surface area (Å²) < 4.78 is 12.6. The first-order valence-corrected chi connectivity index (χ1v) is 14.3. The van der Waals surface area contributed by atoms with Crippen LogP contribution in [0.5, 0.6) is 0 Å². The van der Waals surface area contributed by atoms with Crippen molar-refractivity contribution in [3.05, 3.63) is 51.7 Å². The zero-order valence-electron chi connectivity index (χ0n) is 21.3. The Labute approximate surface area is 224 Å². The SMILES string of the molecule is CCOC(=O)c1c(NC(=O)C(C)OC(=O)c2ccc(-n3c(C)nnc3SC)cc2)sc2c1CCCCC2. The highest BCUT2D eigenvalue weighted by molar-refractivity contribution is 7.98. The van der Waals surface area contributed by atoms with Gasteiger partial charge in [0.15, 0.2) is 11.3 Å². The van der Waals surface area contributed by atoms with E-state index in [4.69, 9.17) is 9.47 Å². The molecule has 4 rings (SSSR count). The van der Waals surface area contributed by atoms with Gasteiger partial charge in [-0.25, -0.2) is 9.59 Å². The van der Waals surface area contributed by atoms with E-state index in [2.05, 4.69) is 15.5 Å². The number of anilines is 1. The Bertz CT molecular complexity index is 1300. The van der Waals surface area contributed by atoms with Gasteiger partial charge in [-0.05, 0) is 82.5 Å². The van der Waals surface area contributed by atoms with Gasteiger partial charge in [-0.2, -0.15) is 0 Å². The number of nitrogens with zero attached hydrogens (tertiary/aromatic N) is 3. The molecule has 1 aromatic carbocycles. The summed E-state index contributed by atoms with van der Waals surface area (Å²) in [6.07, 6.45) is 5.65. The van der Waals surface area contributed by atoms with E-state index in [-0.39, 0.29) is 6.61 Å². The summed E-state index contributed by atoms with van der Waals surface area (Å²) in [5.74, 6) is -0.822. The summed E-state index contributed by atoms with van der Waals surface area (Å²) in [6, 6.07) is 6.84. The number of thioether (sulfide) groups is 1. The van der Waals surface area contributed by atoms with Gasteiger partial charge >= 0.3 is 11.9 Å². The molecule has 1 N–H and O–H groups in total. The third kappa shape index (κ3) is 5.88. The monoisotopic (exact) mass is 542 g/mol. The van der Waals surface area contributed by atoms with E-state index in [0.29, 0.717) is 16.1 Å². The van der Waals surface area contributed by atoms with Crippen LogP contribution < -0.4 is 5.32 Å². The van der Waals surface area contributed by atoms with E-state index < -0.39 is 23.9 Å². The lowest BCUT2D eigenvalue weighted by Crippen LogP contribution is -2.30. The van der Waals surface area contributed by atoms with E-state index in [1.54, 1.807) is 31.2 Å². The average Bonchev–Trinajstić information content (AvgIpc) is 3.34. The van der Waals surface area contributed by atoms with Crippen LogP contribution in [0.1, 0.15) is 70.1 Å². The second-order valence-corrected chi connectivity index (χ2v) is 10.5. The first-order chi connectivity index (χ1) is 17.8. The van der Waals surface area contributed by atoms with Crippen LogP contribution in [0.2, 0.25) is 0 Å². The molecule has 1 aliphatic carbocycles. The molecule has 0 saturated heterocycles. The van der Waals surface area contributed by atoms with Gasteiger partial charge in [0, 0.05) is 10.6 Å². The van der Waals surface area contributed by atoms with Crippen LogP contribution in [0.25, 0.3) is 5.69 Å². The van der Waals surface area contributed by atoms with Gasteiger partial charge in [0.1, 0.15) is 10.8 Å². The number of carbonyl (C=O) groups is 3. The number of rotatable bonds is 8. The number of benzene rings is 1. The minimum Gasteiger partial charge on any atom is -0.462 e. The Morgan fingerprint density at radius 1 is 1.11 bits per heavy atom. The minimum atomic E-state index is -1.06. The molecule has 11 heteroatoms. The van der Waals surface area contributed by atoms with Gasteiger partial charge in [0.2, 0.25) is 0 Å². The zero-order chi connectivity index (χ0) is 26.5. The standard InChI is InChI=1S/C26H30N4O5S2/c1-5-34-25(33)21-19-9-7-6-8-10-20(19)37-23(21)27-22(31)15(2)35-24(32)17-11-13-18(14-12-17)30-16(3)28-29-26(30)36-4/h11-15H,5-10H2,1-4H3,(H,27,31). The number of ether oxygens (including phenoxy) is 2. The highest BCUT2D eigenvalue weighted by atomic mass is 32.2. The lowest BCUT2D eigenvalue weighted by Gasteiger charge is -2.14. The molecule has 1 amide bonds. The van der Waals surface area contributed by atoms with Crippen molar-refractivity contribution in [2.75, 3.05) is 18.2 Å². The van der Waals surface area contributed by atoms with Gasteiger partial charge in [-0.15, -0.1) is 21.5 Å². The molecular weight excluding hydrogens is 512 g/mol. The average molecular weight is 543 g/mol. The highest BCUT2D eigenvalue weighted by Gasteiger charge is 2.28. The van der Waals surface area contributed by atoms with Crippen molar-refractivity contribution in [2.45, 2.75) is 64.1 Å². The lowest BCUT2D eigenvalue weighted by atomic mass is 10.1. The summed E-state index contributed by atoms with van der Waals surface area (Å²) in [5.41, 5.74) is 2.53. The number of hydrogen-bond donors (Lipinski definition) is 1. The first kappa shape index (κ1) is 26.9. The van der Waals surface area contributed by atoms with Crippen LogP contribution in [0, 0.1) is 6.92 Å². The number of carbonyl (C=O) groups excluding carboxylic acids is 3. The Balaban J connectivity index is 1.46. The second-order valence-electron chi connectivity index (χ2n) is 8.64. The largest absolute Gasteiger partial charge is 0.462 e. The van der Waals surface area contributed by atoms with Crippen LogP contribution in [-0.2, 0) is 27.1 Å². The lowest BCUT2D eigenvalue weighted by molar-refractivity contribution is -0.123. The van der Waals surface area contributed by atoms with E-state index in [1.165, 1.54) is 30.0 Å². The van der Waals surface area contributed by atoms with Gasteiger partial charge in [-0.3, -0.25) is 9.36 Å². The maximum Gasteiger partial charge on any atom is 0.341 e. The molecule has 0 spiro atoms. The molecule has 1 unspecified atom stereocenters. The second kappa shape index (κ2) is 11.9. The predicted octanol–water partition coefficient (Wildman–Crippen LogP) is 4.99. The Kier molecular flexibility index (Phi) is 8.65.